The fourth-order valence-corrected chi connectivity index (χ4v) is 5.97. The molecule has 2 heterocycles. The first-order chi connectivity index (χ1) is 13.9. The van der Waals surface area contributed by atoms with Gasteiger partial charge in [0.2, 0.25) is 0 Å². The SMILES string of the molecule is c1ccc(CSc2nc(Sc3ccccc3)c3sc4ccccc4c3n2)cc1. The molecule has 0 aliphatic carbocycles. The largest absolute Gasteiger partial charge is 0.221 e. The van der Waals surface area contributed by atoms with Gasteiger partial charge in [-0.2, -0.15) is 0 Å². The zero-order chi connectivity index (χ0) is 18.8. The van der Waals surface area contributed by atoms with Crippen molar-refractivity contribution in [3.8, 4) is 0 Å². The Morgan fingerprint density at radius 2 is 1.46 bits per heavy atom. The summed E-state index contributed by atoms with van der Waals surface area (Å²) >= 11 is 5.18. The molecule has 3 aromatic carbocycles. The topological polar surface area (TPSA) is 25.8 Å². The van der Waals surface area contributed by atoms with Crippen molar-refractivity contribution in [2.45, 2.75) is 20.8 Å². The fraction of sp³-hybridized carbons (Fsp3) is 0.0435. The van der Waals surface area contributed by atoms with Gasteiger partial charge in [0.05, 0.1) is 10.2 Å². The Bertz CT molecular complexity index is 1230. The molecular weight excluding hydrogens is 400 g/mol. The van der Waals surface area contributed by atoms with Crippen LogP contribution < -0.4 is 0 Å². The summed E-state index contributed by atoms with van der Waals surface area (Å²) in [7, 11) is 0. The molecule has 28 heavy (non-hydrogen) atoms. The lowest BCUT2D eigenvalue weighted by Crippen LogP contribution is -1.91. The van der Waals surface area contributed by atoms with Crippen molar-refractivity contribution in [3.63, 3.8) is 0 Å². The van der Waals surface area contributed by atoms with Gasteiger partial charge in [0.15, 0.2) is 5.16 Å². The van der Waals surface area contributed by atoms with Gasteiger partial charge in [-0.3, -0.25) is 0 Å². The monoisotopic (exact) mass is 416 g/mol. The molecule has 0 fully saturated rings. The Labute approximate surface area is 176 Å². The van der Waals surface area contributed by atoms with E-state index in [0.717, 1.165) is 21.5 Å². The number of nitrogens with zero attached hydrogens (tertiary/aromatic N) is 2. The van der Waals surface area contributed by atoms with Crippen molar-refractivity contribution < 1.29 is 0 Å². The van der Waals surface area contributed by atoms with E-state index in [1.807, 2.05) is 12.1 Å². The van der Waals surface area contributed by atoms with Gasteiger partial charge >= 0.3 is 0 Å². The summed E-state index contributed by atoms with van der Waals surface area (Å²) in [4.78, 5) is 11.1. The Morgan fingerprint density at radius 3 is 2.29 bits per heavy atom. The minimum absolute atomic E-state index is 0.832. The molecule has 0 amide bonds. The van der Waals surface area contributed by atoms with Crippen LogP contribution in [0.2, 0.25) is 0 Å². The molecular formula is C23H16N2S3. The summed E-state index contributed by atoms with van der Waals surface area (Å²) in [5.41, 5.74) is 2.34. The average molecular weight is 417 g/mol. The number of aromatic nitrogens is 2. The molecule has 0 saturated heterocycles. The molecule has 0 bridgehead atoms. The number of benzene rings is 3. The average Bonchev–Trinajstić information content (AvgIpc) is 3.13. The van der Waals surface area contributed by atoms with E-state index in [1.54, 1.807) is 34.9 Å². The molecule has 5 heteroatoms. The van der Waals surface area contributed by atoms with Crippen molar-refractivity contribution in [2.24, 2.45) is 0 Å². The molecule has 0 saturated carbocycles. The summed E-state index contributed by atoms with van der Waals surface area (Å²) in [6.45, 7) is 0. The fourth-order valence-electron chi connectivity index (χ4n) is 3.00. The Hall–Kier alpha value is -2.34. The second-order valence-corrected chi connectivity index (χ2v) is 9.33. The molecule has 2 nitrogen and oxygen atoms in total. The van der Waals surface area contributed by atoms with Crippen molar-refractivity contribution in [2.75, 3.05) is 0 Å². The third-order valence-corrected chi connectivity index (χ3v) is 7.55. The Kier molecular flexibility index (Phi) is 5.04. The summed E-state index contributed by atoms with van der Waals surface area (Å²) < 4.78 is 2.42. The molecule has 2 aromatic heterocycles. The zero-order valence-corrected chi connectivity index (χ0v) is 17.4. The van der Waals surface area contributed by atoms with E-state index >= 15 is 0 Å². The molecule has 136 valence electrons. The second-order valence-electron chi connectivity index (χ2n) is 6.28. The predicted octanol–water partition coefficient (Wildman–Crippen LogP) is 7.29. The van der Waals surface area contributed by atoms with Gasteiger partial charge in [-0.1, -0.05) is 90.3 Å². The van der Waals surface area contributed by atoms with Gasteiger partial charge in [0.25, 0.3) is 0 Å². The molecule has 0 spiro atoms. The van der Waals surface area contributed by atoms with Crippen LogP contribution >= 0.6 is 34.9 Å². The third kappa shape index (κ3) is 3.65. The van der Waals surface area contributed by atoms with Gasteiger partial charge < -0.3 is 0 Å². The molecule has 5 rings (SSSR count). The minimum Gasteiger partial charge on any atom is -0.221 e. The van der Waals surface area contributed by atoms with Crippen LogP contribution in [-0.2, 0) is 5.75 Å². The van der Waals surface area contributed by atoms with Crippen molar-refractivity contribution in [3.05, 3.63) is 90.5 Å². The second kappa shape index (κ2) is 7.95. The first-order valence-corrected chi connectivity index (χ1v) is 11.6. The van der Waals surface area contributed by atoms with Crippen LogP contribution in [0.4, 0.5) is 0 Å². The van der Waals surface area contributed by atoms with Crippen LogP contribution in [0.5, 0.6) is 0 Å². The van der Waals surface area contributed by atoms with E-state index in [4.69, 9.17) is 9.97 Å². The zero-order valence-electron chi connectivity index (χ0n) is 14.9. The van der Waals surface area contributed by atoms with Crippen LogP contribution in [0.3, 0.4) is 0 Å². The van der Waals surface area contributed by atoms with Crippen LogP contribution in [0.15, 0.2) is 100 Å². The van der Waals surface area contributed by atoms with E-state index in [9.17, 15) is 0 Å². The highest BCUT2D eigenvalue weighted by atomic mass is 32.2. The van der Waals surface area contributed by atoms with Gasteiger partial charge in [-0.15, -0.1) is 11.3 Å². The molecule has 0 radical (unpaired) electrons. The standard InChI is InChI=1S/C23H16N2S3/c1-3-9-16(10-4-1)15-26-23-24-20-18-13-7-8-14-19(18)28-21(20)22(25-23)27-17-11-5-2-6-12-17/h1-14H,15H2. The lowest BCUT2D eigenvalue weighted by atomic mass is 10.2. The van der Waals surface area contributed by atoms with Gasteiger partial charge in [-0.25, -0.2) is 9.97 Å². The predicted molar refractivity (Wildman–Crippen MR) is 121 cm³/mol. The van der Waals surface area contributed by atoms with Gasteiger partial charge in [0, 0.05) is 20.7 Å². The molecule has 5 aromatic rings. The third-order valence-electron chi connectivity index (χ3n) is 4.34. The number of rotatable bonds is 5. The maximum atomic E-state index is 4.93. The lowest BCUT2D eigenvalue weighted by molar-refractivity contribution is 0.936. The van der Waals surface area contributed by atoms with Gasteiger partial charge in [-0.05, 0) is 23.8 Å². The van der Waals surface area contributed by atoms with Gasteiger partial charge in [0.1, 0.15) is 5.03 Å². The summed E-state index contributed by atoms with van der Waals surface area (Å²) in [5.74, 6) is 0.865. The number of thioether (sulfide) groups is 1. The van der Waals surface area contributed by atoms with Crippen molar-refractivity contribution >= 4 is 55.2 Å². The highest BCUT2D eigenvalue weighted by Gasteiger charge is 2.15. The molecule has 0 N–H and O–H groups in total. The molecule has 0 aliphatic heterocycles. The van der Waals surface area contributed by atoms with E-state index in [1.165, 1.54) is 25.2 Å². The highest BCUT2D eigenvalue weighted by molar-refractivity contribution is 8.00. The summed E-state index contributed by atoms with van der Waals surface area (Å²) in [5, 5.41) is 3.08. The molecule has 0 aliphatic rings. The van der Waals surface area contributed by atoms with Crippen molar-refractivity contribution in [1.29, 1.82) is 0 Å². The smallest absolute Gasteiger partial charge is 0.189 e. The maximum Gasteiger partial charge on any atom is 0.189 e. The maximum absolute atomic E-state index is 4.93. The van der Waals surface area contributed by atoms with Crippen LogP contribution in [0, 0.1) is 0 Å². The Balaban J connectivity index is 1.59. The van der Waals surface area contributed by atoms with E-state index in [2.05, 4.69) is 72.8 Å². The minimum atomic E-state index is 0.832. The van der Waals surface area contributed by atoms with E-state index < -0.39 is 0 Å². The van der Waals surface area contributed by atoms with Crippen LogP contribution in [-0.4, -0.2) is 9.97 Å². The molecule has 0 unspecified atom stereocenters. The first kappa shape index (κ1) is 17.7. The van der Waals surface area contributed by atoms with E-state index in [-0.39, 0.29) is 0 Å². The van der Waals surface area contributed by atoms with Crippen LogP contribution in [0.25, 0.3) is 20.3 Å². The number of hydrogen-bond acceptors (Lipinski definition) is 5. The quantitative estimate of drug-likeness (QED) is 0.171. The first-order valence-electron chi connectivity index (χ1n) is 8.96. The molecule has 0 atom stereocenters. The van der Waals surface area contributed by atoms with Crippen LogP contribution in [0.1, 0.15) is 5.56 Å². The normalized spacial score (nSPS) is 11.3. The lowest BCUT2D eigenvalue weighted by Gasteiger charge is -2.06. The van der Waals surface area contributed by atoms with Crippen molar-refractivity contribution in [1.82, 2.24) is 9.97 Å². The summed E-state index contributed by atoms with van der Waals surface area (Å²) in [6, 6.07) is 29.4. The number of thiophene rings is 1. The Morgan fingerprint density at radius 1 is 0.750 bits per heavy atom. The number of fused-ring (bicyclic) bond motifs is 3. The number of hydrogen-bond donors (Lipinski definition) is 0. The summed E-state index contributed by atoms with van der Waals surface area (Å²) in [6.07, 6.45) is 0. The highest BCUT2D eigenvalue weighted by Crippen LogP contribution is 2.41. The van der Waals surface area contributed by atoms with E-state index in [0.29, 0.717) is 0 Å².